The number of nitrogens with two attached hydrogens (primary N) is 1. The van der Waals surface area contributed by atoms with Crippen LogP contribution in [0.1, 0.15) is 17.0 Å². The van der Waals surface area contributed by atoms with Crippen molar-refractivity contribution in [1.29, 1.82) is 0 Å². The third-order valence-electron chi connectivity index (χ3n) is 4.91. The second-order valence-electron chi connectivity index (χ2n) is 6.65. The van der Waals surface area contributed by atoms with E-state index in [1.54, 1.807) is 12.1 Å². The quantitative estimate of drug-likeness (QED) is 0.769. The first-order valence-corrected chi connectivity index (χ1v) is 8.52. The molecule has 1 aliphatic rings. The molecule has 0 saturated carbocycles. The second-order valence-corrected chi connectivity index (χ2v) is 6.65. The smallest absolute Gasteiger partial charge is 0.123 e. The molecule has 1 saturated heterocycles. The first kappa shape index (κ1) is 16.0. The lowest BCUT2D eigenvalue weighted by Crippen LogP contribution is -2.28. The van der Waals surface area contributed by atoms with E-state index in [0.29, 0.717) is 5.92 Å². The molecule has 128 valence electrons. The summed E-state index contributed by atoms with van der Waals surface area (Å²) in [6, 6.07) is 17.1. The molecule has 1 fully saturated rings. The zero-order valence-electron chi connectivity index (χ0n) is 13.9. The van der Waals surface area contributed by atoms with Crippen LogP contribution in [0.3, 0.4) is 0 Å². The van der Waals surface area contributed by atoms with Crippen molar-refractivity contribution < 1.29 is 4.39 Å². The van der Waals surface area contributed by atoms with Crippen molar-refractivity contribution in [2.75, 3.05) is 13.1 Å². The molecule has 0 aliphatic carbocycles. The number of nitrogens with zero attached hydrogens (tertiary/aromatic N) is 2. The highest BCUT2D eigenvalue weighted by atomic mass is 19.1. The van der Waals surface area contributed by atoms with E-state index in [2.05, 4.69) is 39.4 Å². The molecule has 1 aliphatic heterocycles. The first-order chi connectivity index (χ1) is 12.2. The van der Waals surface area contributed by atoms with E-state index in [-0.39, 0.29) is 11.9 Å². The highest BCUT2D eigenvalue weighted by Crippen LogP contribution is 2.29. The Labute approximate surface area is 146 Å². The number of nitrogens with one attached hydrogen (secondary N) is 1. The zero-order valence-corrected chi connectivity index (χ0v) is 13.9. The van der Waals surface area contributed by atoms with Crippen LogP contribution < -0.4 is 5.73 Å². The number of rotatable bonds is 4. The summed E-state index contributed by atoms with van der Waals surface area (Å²) in [6.45, 7) is 2.56. The highest BCUT2D eigenvalue weighted by Gasteiger charge is 2.31. The van der Waals surface area contributed by atoms with E-state index in [4.69, 9.17) is 5.73 Å². The number of aromatic nitrogens is 2. The van der Waals surface area contributed by atoms with E-state index in [1.807, 2.05) is 12.3 Å². The molecular weight excluding hydrogens is 315 g/mol. The van der Waals surface area contributed by atoms with Gasteiger partial charge in [-0.3, -0.25) is 10.00 Å². The van der Waals surface area contributed by atoms with Gasteiger partial charge in [-0.1, -0.05) is 30.3 Å². The number of H-pyrrole nitrogens is 1. The van der Waals surface area contributed by atoms with Crippen LogP contribution in [0.4, 0.5) is 4.39 Å². The van der Waals surface area contributed by atoms with Gasteiger partial charge in [0, 0.05) is 42.7 Å². The van der Waals surface area contributed by atoms with Crippen molar-refractivity contribution in [1.82, 2.24) is 15.1 Å². The molecular formula is C20H21FN4. The van der Waals surface area contributed by atoms with Crippen molar-refractivity contribution in [2.45, 2.75) is 18.5 Å². The first-order valence-electron chi connectivity index (χ1n) is 8.52. The normalized spacial score (nSPS) is 20.9. The molecule has 4 nitrogen and oxygen atoms in total. The van der Waals surface area contributed by atoms with Gasteiger partial charge in [0.15, 0.2) is 0 Å². The minimum absolute atomic E-state index is 0.128. The molecule has 0 radical (unpaired) electrons. The lowest BCUT2D eigenvalue weighted by Gasteiger charge is -2.16. The molecule has 3 aromatic rings. The molecule has 4 rings (SSSR count). The van der Waals surface area contributed by atoms with Gasteiger partial charge in [-0.2, -0.15) is 5.10 Å². The van der Waals surface area contributed by atoms with E-state index in [1.165, 1.54) is 17.7 Å². The topological polar surface area (TPSA) is 57.9 Å². The number of halogens is 1. The standard InChI is InChI=1S/C20H21FN4/c21-17-8-6-15(7-9-17)20-16(10-23-24-20)11-25-12-18(19(22)13-25)14-4-2-1-3-5-14/h1-10,18-19H,11-13,22H2,(H,23,24)/t18-,19+/m0/s1. The van der Waals surface area contributed by atoms with E-state index < -0.39 is 0 Å². The fourth-order valence-corrected chi connectivity index (χ4v) is 3.63. The van der Waals surface area contributed by atoms with Gasteiger partial charge >= 0.3 is 0 Å². The van der Waals surface area contributed by atoms with Gasteiger partial charge in [0.2, 0.25) is 0 Å². The van der Waals surface area contributed by atoms with Crippen LogP contribution >= 0.6 is 0 Å². The molecule has 2 aromatic carbocycles. The summed E-state index contributed by atoms with van der Waals surface area (Å²) in [5.41, 5.74) is 10.7. The third-order valence-corrected chi connectivity index (χ3v) is 4.91. The Bertz CT molecular complexity index is 828. The number of likely N-dealkylation sites (tertiary alicyclic amines) is 1. The Morgan fingerprint density at radius 1 is 1.08 bits per heavy atom. The summed E-state index contributed by atoms with van der Waals surface area (Å²) < 4.78 is 13.2. The molecule has 2 heterocycles. The molecule has 0 bridgehead atoms. The molecule has 25 heavy (non-hydrogen) atoms. The van der Waals surface area contributed by atoms with E-state index in [0.717, 1.165) is 36.5 Å². The summed E-state index contributed by atoms with van der Waals surface area (Å²) in [5, 5.41) is 7.22. The fourth-order valence-electron chi connectivity index (χ4n) is 3.63. The van der Waals surface area contributed by atoms with Crippen molar-refractivity contribution in [3.8, 4) is 11.3 Å². The maximum Gasteiger partial charge on any atom is 0.123 e. The Hall–Kier alpha value is -2.50. The largest absolute Gasteiger partial charge is 0.326 e. The summed E-state index contributed by atoms with van der Waals surface area (Å²) in [6.07, 6.45) is 1.85. The van der Waals surface area contributed by atoms with Gasteiger partial charge in [0.05, 0.1) is 11.9 Å². The predicted molar refractivity (Wildman–Crippen MR) is 96.4 cm³/mol. The van der Waals surface area contributed by atoms with Crippen molar-refractivity contribution in [3.63, 3.8) is 0 Å². The molecule has 5 heteroatoms. The SMILES string of the molecule is N[C@@H]1CN(Cc2cn[nH]c2-c2ccc(F)cc2)C[C@H]1c1ccccc1. The van der Waals surface area contributed by atoms with Crippen LogP contribution in [0.5, 0.6) is 0 Å². The van der Waals surface area contributed by atoms with Crippen LogP contribution in [0.2, 0.25) is 0 Å². The van der Waals surface area contributed by atoms with E-state index >= 15 is 0 Å². The maximum absolute atomic E-state index is 13.2. The zero-order chi connectivity index (χ0) is 17.2. The predicted octanol–water partition coefficient (Wildman–Crippen LogP) is 3.14. The number of aromatic amines is 1. The lowest BCUT2D eigenvalue weighted by atomic mass is 9.95. The summed E-state index contributed by atoms with van der Waals surface area (Å²) in [5.74, 6) is 0.114. The minimum Gasteiger partial charge on any atom is -0.326 e. The Morgan fingerprint density at radius 2 is 1.84 bits per heavy atom. The van der Waals surface area contributed by atoms with Crippen LogP contribution in [0.25, 0.3) is 11.3 Å². The molecule has 3 N–H and O–H groups in total. The van der Waals surface area contributed by atoms with Gasteiger partial charge < -0.3 is 5.73 Å². The maximum atomic E-state index is 13.2. The Morgan fingerprint density at radius 3 is 2.60 bits per heavy atom. The van der Waals surface area contributed by atoms with Crippen LogP contribution in [0, 0.1) is 5.82 Å². The molecule has 2 atom stereocenters. The average molecular weight is 336 g/mol. The van der Waals surface area contributed by atoms with Crippen molar-refractivity contribution in [2.24, 2.45) is 5.73 Å². The van der Waals surface area contributed by atoms with Crippen molar-refractivity contribution in [3.05, 3.63) is 77.7 Å². The summed E-state index contributed by atoms with van der Waals surface area (Å²) >= 11 is 0. The lowest BCUT2D eigenvalue weighted by molar-refractivity contribution is 0.324. The van der Waals surface area contributed by atoms with Gasteiger partial charge in [-0.25, -0.2) is 4.39 Å². The van der Waals surface area contributed by atoms with Crippen LogP contribution in [-0.2, 0) is 6.54 Å². The average Bonchev–Trinajstić information content (AvgIpc) is 3.23. The van der Waals surface area contributed by atoms with E-state index in [9.17, 15) is 4.39 Å². The Kier molecular flexibility index (Phi) is 4.34. The monoisotopic (exact) mass is 336 g/mol. The van der Waals surface area contributed by atoms with Crippen LogP contribution in [-0.4, -0.2) is 34.2 Å². The molecule has 0 unspecified atom stereocenters. The summed E-state index contributed by atoms with van der Waals surface area (Å²) in [7, 11) is 0. The van der Waals surface area contributed by atoms with Gasteiger partial charge in [-0.15, -0.1) is 0 Å². The number of benzene rings is 2. The second kappa shape index (κ2) is 6.78. The minimum atomic E-state index is -0.235. The molecule has 1 aromatic heterocycles. The van der Waals surface area contributed by atoms with Crippen LogP contribution in [0.15, 0.2) is 60.8 Å². The van der Waals surface area contributed by atoms with Gasteiger partial charge in [-0.05, 0) is 29.8 Å². The summed E-state index contributed by atoms with van der Waals surface area (Å²) in [4.78, 5) is 2.36. The third kappa shape index (κ3) is 3.34. The highest BCUT2D eigenvalue weighted by molar-refractivity contribution is 5.62. The molecule has 0 spiro atoms. The number of hydrogen-bond acceptors (Lipinski definition) is 3. The van der Waals surface area contributed by atoms with Crippen molar-refractivity contribution >= 4 is 0 Å². The fraction of sp³-hybridized carbons (Fsp3) is 0.250. The Balaban J connectivity index is 1.51. The van der Waals surface area contributed by atoms with Gasteiger partial charge in [0.1, 0.15) is 5.82 Å². The number of hydrogen-bond donors (Lipinski definition) is 2. The molecule has 0 amide bonds. The van der Waals surface area contributed by atoms with Gasteiger partial charge in [0.25, 0.3) is 0 Å².